The Morgan fingerprint density at radius 3 is 2.52 bits per heavy atom. The monoisotopic (exact) mass is 305 g/mol. The van der Waals surface area contributed by atoms with E-state index in [9.17, 15) is 5.11 Å². The van der Waals surface area contributed by atoms with Gasteiger partial charge in [-0.05, 0) is 18.6 Å². The fourth-order valence-corrected chi connectivity index (χ4v) is 3.69. The highest BCUT2D eigenvalue weighted by Crippen LogP contribution is 2.23. The molecule has 0 amide bonds. The number of thiazole rings is 1. The lowest BCUT2D eigenvalue weighted by Gasteiger charge is -2.08. The summed E-state index contributed by atoms with van der Waals surface area (Å²) in [5, 5.41) is 11.2. The van der Waals surface area contributed by atoms with Gasteiger partial charge in [-0.3, -0.25) is 0 Å². The lowest BCUT2D eigenvalue weighted by atomic mass is 10.1. The van der Waals surface area contributed by atoms with Gasteiger partial charge in [0.2, 0.25) is 0 Å². The minimum absolute atomic E-state index is 0.235. The van der Waals surface area contributed by atoms with Crippen LogP contribution in [0.1, 0.15) is 63.3 Å². The summed E-state index contributed by atoms with van der Waals surface area (Å²) in [5.41, 5.74) is 1.06. The molecule has 2 aromatic rings. The Balaban J connectivity index is 1.64. The topological polar surface area (TPSA) is 33.1 Å². The molecule has 1 aromatic heterocycles. The van der Waals surface area contributed by atoms with Crippen LogP contribution in [-0.4, -0.2) is 16.2 Å². The second-order valence-corrected chi connectivity index (χ2v) is 6.96. The molecule has 0 saturated carbocycles. The van der Waals surface area contributed by atoms with E-state index in [2.05, 4.69) is 18.0 Å². The Morgan fingerprint density at radius 2 is 1.76 bits per heavy atom. The average molecular weight is 305 g/mol. The number of aromatic nitrogens is 1. The van der Waals surface area contributed by atoms with Crippen molar-refractivity contribution in [3.63, 3.8) is 0 Å². The average Bonchev–Trinajstić information content (AvgIpc) is 2.88. The van der Waals surface area contributed by atoms with Gasteiger partial charge in [0.05, 0.1) is 21.3 Å². The van der Waals surface area contributed by atoms with Gasteiger partial charge in [-0.2, -0.15) is 0 Å². The molecule has 21 heavy (non-hydrogen) atoms. The summed E-state index contributed by atoms with van der Waals surface area (Å²) in [6.07, 6.45) is 10.5. The van der Waals surface area contributed by atoms with Crippen molar-refractivity contribution in [2.45, 2.75) is 70.8 Å². The second kappa shape index (κ2) is 9.16. The van der Waals surface area contributed by atoms with Crippen LogP contribution in [0.2, 0.25) is 0 Å². The van der Waals surface area contributed by atoms with Crippen molar-refractivity contribution in [3.8, 4) is 0 Å². The Bertz CT molecular complexity index is 490. The van der Waals surface area contributed by atoms with E-state index in [1.54, 1.807) is 11.3 Å². The molecule has 1 N–H and O–H groups in total. The number of benzene rings is 1. The molecular weight excluding hydrogens is 278 g/mol. The molecule has 0 aliphatic rings. The van der Waals surface area contributed by atoms with Crippen LogP contribution in [0, 0.1) is 0 Å². The highest BCUT2D eigenvalue weighted by molar-refractivity contribution is 7.18. The maximum Gasteiger partial charge on any atom is 0.0964 e. The van der Waals surface area contributed by atoms with Crippen molar-refractivity contribution >= 4 is 21.6 Å². The Morgan fingerprint density at radius 1 is 1.05 bits per heavy atom. The van der Waals surface area contributed by atoms with Gasteiger partial charge in [0.1, 0.15) is 0 Å². The lowest BCUT2D eigenvalue weighted by molar-refractivity contribution is 0.161. The third-order valence-electron chi connectivity index (χ3n) is 3.89. The first-order chi connectivity index (χ1) is 10.3. The van der Waals surface area contributed by atoms with Crippen molar-refractivity contribution in [3.05, 3.63) is 29.3 Å². The molecule has 0 spiro atoms. The Kier molecular flexibility index (Phi) is 7.17. The summed E-state index contributed by atoms with van der Waals surface area (Å²) < 4.78 is 1.22. The quantitative estimate of drug-likeness (QED) is 0.601. The third kappa shape index (κ3) is 5.76. The summed E-state index contributed by atoms with van der Waals surface area (Å²) in [6, 6.07) is 8.19. The molecular formula is C18H27NOS. The maximum absolute atomic E-state index is 10.1. The predicted octanol–water partition coefficient (Wildman–Crippen LogP) is 5.34. The van der Waals surface area contributed by atoms with Crippen LogP contribution in [0.5, 0.6) is 0 Å². The number of hydrogen-bond donors (Lipinski definition) is 1. The molecule has 116 valence electrons. The molecule has 1 aromatic carbocycles. The van der Waals surface area contributed by atoms with Crippen LogP contribution in [0.3, 0.4) is 0 Å². The largest absolute Gasteiger partial charge is 0.393 e. The van der Waals surface area contributed by atoms with Crippen LogP contribution < -0.4 is 0 Å². The summed E-state index contributed by atoms with van der Waals surface area (Å²) in [4.78, 5) is 4.59. The minimum Gasteiger partial charge on any atom is -0.393 e. The highest BCUT2D eigenvalue weighted by atomic mass is 32.1. The van der Waals surface area contributed by atoms with Gasteiger partial charge in [0, 0.05) is 6.42 Å². The zero-order valence-corrected chi connectivity index (χ0v) is 13.9. The van der Waals surface area contributed by atoms with Gasteiger partial charge in [-0.15, -0.1) is 11.3 Å². The van der Waals surface area contributed by atoms with Crippen LogP contribution in [0.25, 0.3) is 10.2 Å². The summed E-state index contributed by atoms with van der Waals surface area (Å²) in [5.74, 6) is 0. The molecule has 0 aliphatic carbocycles. The van der Waals surface area contributed by atoms with Gasteiger partial charge >= 0.3 is 0 Å². The fourth-order valence-electron chi connectivity index (χ4n) is 2.65. The zero-order valence-electron chi connectivity index (χ0n) is 13.1. The first kappa shape index (κ1) is 16.4. The predicted molar refractivity (Wildman–Crippen MR) is 91.9 cm³/mol. The number of hydrogen-bond acceptors (Lipinski definition) is 3. The van der Waals surface area contributed by atoms with E-state index in [1.807, 2.05) is 18.2 Å². The smallest absolute Gasteiger partial charge is 0.0964 e. The molecule has 1 heterocycles. The molecule has 2 rings (SSSR count). The van der Waals surface area contributed by atoms with Crippen molar-refractivity contribution in [1.29, 1.82) is 0 Å². The van der Waals surface area contributed by atoms with Gasteiger partial charge < -0.3 is 5.11 Å². The molecule has 0 bridgehead atoms. The number of para-hydroxylation sites is 1. The number of aliphatic hydroxyl groups excluding tert-OH is 1. The fraction of sp³-hybridized carbons (Fsp3) is 0.611. The molecule has 0 radical (unpaired) electrons. The maximum atomic E-state index is 10.1. The van der Waals surface area contributed by atoms with Crippen LogP contribution in [-0.2, 0) is 6.42 Å². The molecule has 0 aliphatic heterocycles. The Labute approximate surface area is 132 Å². The summed E-state index contributed by atoms with van der Waals surface area (Å²) in [7, 11) is 0. The first-order valence-corrected chi connectivity index (χ1v) is 9.13. The van der Waals surface area contributed by atoms with Gasteiger partial charge in [-0.25, -0.2) is 4.98 Å². The van der Waals surface area contributed by atoms with Crippen molar-refractivity contribution in [2.24, 2.45) is 0 Å². The van der Waals surface area contributed by atoms with E-state index < -0.39 is 0 Å². The van der Waals surface area contributed by atoms with Crippen molar-refractivity contribution in [1.82, 2.24) is 4.98 Å². The van der Waals surface area contributed by atoms with E-state index in [0.717, 1.165) is 23.4 Å². The number of nitrogens with zero attached hydrogens (tertiary/aromatic N) is 1. The van der Waals surface area contributed by atoms with Crippen LogP contribution in [0.4, 0.5) is 0 Å². The molecule has 1 atom stereocenters. The van der Waals surface area contributed by atoms with Crippen LogP contribution in [0.15, 0.2) is 24.3 Å². The number of fused-ring (bicyclic) bond motifs is 1. The van der Waals surface area contributed by atoms with Gasteiger partial charge in [0.15, 0.2) is 0 Å². The summed E-state index contributed by atoms with van der Waals surface area (Å²) in [6.45, 7) is 2.25. The molecule has 1 unspecified atom stereocenters. The van der Waals surface area contributed by atoms with E-state index in [0.29, 0.717) is 6.42 Å². The number of aliphatic hydroxyl groups is 1. The number of rotatable bonds is 10. The molecule has 0 fully saturated rings. The number of unbranched alkanes of at least 4 members (excludes halogenated alkanes) is 6. The standard InChI is InChI=1S/C18H27NOS/c1-2-3-4-5-6-7-8-11-15(20)14-18-19-16-12-9-10-13-17(16)21-18/h9-10,12-13,15,20H,2-8,11,14H2,1H3. The SMILES string of the molecule is CCCCCCCCCC(O)Cc1nc2ccccc2s1. The van der Waals surface area contributed by atoms with Crippen molar-refractivity contribution in [2.75, 3.05) is 0 Å². The summed E-state index contributed by atoms with van der Waals surface area (Å²) >= 11 is 1.71. The third-order valence-corrected chi connectivity index (χ3v) is 4.95. The second-order valence-electron chi connectivity index (χ2n) is 5.84. The molecule has 3 heteroatoms. The normalized spacial score (nSPS) is 12.9. The Hall–Kier alpha value is -0.930. The van der Waals surface area contributed by atoms with Crippen LogP contribution >= 0.6 is 11.3 Å². The van der Waals surface area contributed by atoms with E-state index in [1.165, 1.54) is 43.2 Å². The molecule has 0 saturated heterocycles. The highest BCUT2D eigenvalue weighted by Gasteiger charge is 2.09. The molecule has 2 nitrogen and oxygen atoms in total. The first-order valence-electron chi connectivity index (χ1n) is 8.32. The van der Waals surface area contributed by atoms with E-state index >= 15 is 0 Å². The van der Waals surface area contributed by atoms with E-state index in [-0.39, 0.29) is 6.10 Å². The van der Waals surface area contributed by atoms with Crippen molar-refractivity contribution < 1.29 is 5.11 Å². The van der Waals surface area contributed by atoms with Gasteiger partial charge in [0.25, 0.3) is 0 Å². The van der Waals surface area contributed by atoms with E-state index in [4.69, 9.17) is 0 Å². The minimum atomic E-state index is -0.235. The zero-order chi connectivity index (χ0) is 14.9. The van der Waals surface area contributed by atoms with Gasteiger partial charge in [-0.1, -0.05) is 64.0 Å². The lowest BCUT2D eigenvalue weighted by Crippen LogP contribution is -2.09.